The molecule has 0 aromatic carbocycles. The van der Waals surface area contributed by atoms with Crippen LogP contribution in [-0.2, 0) is 13.1 Å². The average molecular weight is 210 g/mol. The van der Waals surface area contributed by atoms with Gasteiger partial charge in [-0.3, -0.25) is 4.90 Å². The third kappa shape index (κ3) is 2.56. The Morgan fingerprint density at radius 2 is 2.07 bits per heavy atom. The van der Waals surface area contributed by atoms with Crippen molar-refractivity contribution in [1.29, 1.82) is 0 Å². The smallest absolute Gasteiger partial charge is 0.0273 e. The lowest BCUT2D eigenvalue weighted by Crippen LogP contribution is -2.28. The second-order valence-electron chi connectivity index (χ2n) is 3.96. The topological polar surface area (TPSA) is 29.3 Å². The Bertz CT molecular complexity index is 277. The van der Waals surface area contributed by atoms with Crippen molar-refractivity contribution in [2.75, 3.05) is 13.1 Å². The number of hydrogen-bond acceptors (Lipinski definition) is 3. The summed E-state index contributed by atoms with van der Waals surface area (Å²) in [5.74, 6) is 0. The van der Waals surface area contributed by atoms with Crippen molar-refractivity contribution < 1.29 is 0 Å². The van der Waals surface area contributed by atoms with Crippen LogP contribution in [0.5, 0.6) is 0 Å². The largest absolute Gasteiger partial charge is 0.326 e. The highest BCUT2D eigenvalue weighted by atomic mass is 32.1. The fraction of sp³-hybridized carbons (Fsp3) is 0.636. The molecule has 1 saturated heterocycles. The summed E-state index contributed by atoms with van der Waals surface area (Å²) in [7, 11) is 0. The van der Waals surface area contributed by atoms with Gasteiger partial charge in [-0.05, 0) is 42.9 Å². The van der Waals surface area contributed by atoms with Gasteiger partial charge in [0.1, 0.15) is 0 Å². The van der Waals surface area contributed by atoms with E-state index in [4.69, 9.17) is 5.73 Å². The molecular formula is C11H18N2S. The van der Waals surface area contributed by atoms with Gasteiger partial charge in [0.25, 0.3) is 0 Å². The van der Waals surface area contributed by atoms with Gasteiger partial charge in [-0.2, -0.15) is 0 Å². The maximum absolute atomic E-state index is 5.59. The van der Waals surface area contributed by atoms with E-state index in [0.29, 0.717) is 6.54 Å². The number of thiophene rings is 1. The van der Waals surface area contributed by atoms with E-state index in [1.807, 2.05) is 0 Å². The fourth-order valence-electron chi connectivity index (χ4n) is 1.99. The van der Waals surface area contributed by atoms with Gasteiger partial charge in [-0.25, -0.2) is 0 Å². The summed E-state index contributed by atoms with van der Waals surface area (Å²) in [5, 5.41) is 2.25. The highest BCUT2D eigenvalue weighted by Gasteiger charge is 2.10. The molecule has 1 aromatic rings. The number of nitrogens with zero attached hydrogens (tertiary/aromatic N) is 1. The Labute approximate surface area is 89.7 Å². The van der Waals surface area contributed by atoms with Crippen molar-refractivity contribution in [3.05, 3.63) is 21.9 Å². The first kappa shape index (κ1) is 10.1. The van der Waals surface area contributed by atoms with E-state index < -0.39 is 0 Å². The normalized spacial score (nSPS) is 18.6. The zero-order valence-electron chi connectivity index (χ0n) is 8.54. The summed E-state index contributed by atoms with van der Waals surface area (Å²) in [4.78, 5) is 3.85. The van der Waals surface area contributed by atoms with Crippen molar-refractivity contribution in [2.24, 2.45) is 5.73 Å². The highest BCUT2D eigenvalue weighted by Crippen LogP contribution is 2.18. The number of piperidine rings is 1. The molecule has 0 aliphatic carbocycles. The quantitative estimate of drug-likeness (QED) is 0.828. The van der Waals surface area contributed by atoms with E-state index in [9.17, 15) is 0 Å². The van der Waals surface area contributed by atoms with Crippen molar-refractivity contribution in [1.82, 2.24) is 4.90 Å². The predicted molar refractivity (Wildman–Crippen MR) is 61.3 cm³/mol. The predicted octanol–water partition coefficient (Wildman–Crippen LogP) is 2.19. The van der Waals surface area contributed by atoms with Crippen LogP contribution in [0.1, 0.15) is 29.7 Å². The molecule has 0 unspecified atom stereocenters. The molecule has 2 rings (SSSR count). The van der Waals surface area contributed by atoms with Crippen molar-refractivity contribution in [3.63, 3.8) is 0 Å². The van der Waals surface area contributed by atoms with Crippen LogP contribution >= 0.6 is 11.3 Å². The first-order valence-electron chi connectivity index (χ1n) is 5.37. The van der Waals surface area contributed by atoms with Crippen LogP contribution in [0.3, 0.4) is 0 Å². The standard InChI is InChI=1S/C11H18N2S/c12-7-11-6-10(9-14-11)8-13-4-2-1-3-5-13/h6,9H,1-5,7-8,12H2. The molecule has 0 amide bonds. The number of hydrogen-bond donors (Lipinski definition) is 1. The minimum Gasteiger partial charge on any atom is -0.326 e. The van der Waals surface area contributed by atoms with Gasteiger partial charge in [0.15, 0.2) is 0 Å². The highest BCUT2D eigenvalue weighted by molar-refractivity contribution is 7.10. The molecule has 1 fully saturated rings. The molecular weight excluding hydrogens is 192 g/mol. The first-order valence-corrected chi connectivity index (χ1v) is 6.25. The summed E-state index contributed by atoms with van der Waals surface area (Å²) in [6, 6.07) is 2.25. The van der Waals surface area contributed by atoms with Gasteiger partial charge in [-0.1, -0.05) is 6.42 Å². The second-order valence-corrected chi connectivity index (χ2v) is 4.96. The fourth-order valence-corrected chi connectivity index (χ4v) is 2.75. The van der Waals surface area contributed by atoms with Gasteiger partial charge in [-0.15, -0.1) is 11.3 Å². The molecule has 1 aromatic heterocycles. The number of nitrogens with two attached hydrogens (primary N) is 1. The van der Waals surface area contributed by atoms with Crippen LogP contribution in [-0.4, -0.2) is 18.0 Å². The van der Waals surface area contributed by atoms with E-state index in [2.05, 4.69) is 16.3 Å². The molecule has 2 nitrogen and oxygen atoms in total. The molecule has 14 heavy (non-hydrogen) atoms. The second kappa shape index (κ2) is 4.91. The zero-order valence-corrected chi connectivity index (χ0v) is 9.35. The summed E-state index contributed by atoms with van der Waals surface area (Å²) in [6.45, 7) is 4.35. The van der Waals surface area contributed by atoms with E-state index in [1.165, 1.54) is 42.8 Å². The van der Waals surface area contributed by atoms with Crippen molar-refractivity contribution >= 4 is 11.3 Å². The van der Waals surface area contributed by atoms with Crippen LogP contribution in [0, 0.1) is 0 Å². The monoisotopic (exact) mass is 210 g/mol. The molecule has 0 bridgehead atoms. The molecule has 78 valence electrons. The molecule has 0 spiro atoms. The maximum Gasteiger partial charge on any atom is 0.0273 e. The van der Waals surface area contributed by atoms with Crippen molar-refractivity contribution in [2.45, 2.75) is 32.4 Å². The number of likely N-dealkylation sites (tertiary alicyclic amines) is 1. The Hall–Kier alpha value is -0.380. The minimum absolute atomic E-state index is 0.685. The third-order valence-electron chi connectivity index (χ3n) is 2.76. The molecule has 2 heterocycles. The third-order valence-corrected chi connectivity index (χ3v) is 3.77. The molecule has 2 N–H and O–H groups in total. The van der Waals surface area contributed by atoms with Crippen LogP contribution < -0.4 is 5.73 Å². The lowest BCUT2D eigenvalue weighted by atomic mass is 10.1. The summed E-state index contributed by atoms with van der Waals surface area (Å²) < 4.78 is 0. The summed E-state index contributed by atoms with van der Waals surface area (Å²) in [6.07, 6.45) is 4.15. The van der Waals surface area contributed by atoms with E-state index in [-0.39, 0.29) is 0 Å². The van der Waals surface area contributed by atoms with Gasteiger partial charge in [0.2, 0.25) is 0 Å². The Morgan fingerprint density at radius 3 is 2.71 bits per heavy atom. The maximum atomic E-state index is 5.59. The zero-order chi connectivity index (χ0) is 9.80. The first-order chi connectivity index (χ1) is 6.88. The lowest BCUT2D eigenvalue weighted by Gasteiger charge is -2.25. The Balaban J connectivity index is 1.89. The molecule has 1 aliphatic rings. The molecule has 0 radical (unpaired) electrons. The van der Waals surface area contributed by atoms with E-state index in [1.54, 1.807) is 11.3 Å². The van der Waals surface area contributed by atoms with Gasteiger partial charge in [0, 0.05) is 18.0 Å². The van der Waals surface area contributed by atoms with Crippen LogP contribution in [0.25, 0.3) is 0 Å². The summed E-state index contributed by atoms with van der Waals surface area (Å²) >= 11 is 1.79. The van der Waals surface area contributed by atoms with Gasteiger partial charge >= 0.3 is 0 Å². The van der Waals surface area contributed by atoms with E-state index >= 15 is 0 Å². The Kier molecular flexibility index (Phi) is 3.56. The molecule has 1 aliphatic heterocycles. The van der Waals surface area contributed by atoms with Gasteiger partial charge < -0.3 is 5.73 Å². The molecule has 3 heteroatoms. The Morgan fingerprint density at radius 1 is 1.29 bits per heavy atom. The average Bonchev–Trinajstić information content (AvgIpc) is 2.67. The molecule has 0 saturated carbocycles. The summed E-state index contributed by atoms with van der Waals surface area (Å²) in [5.41, 5.74) is 7.04. The van der Waals surface area contributed by atoms with Crippen LogP contribution in [0.4, 0.5) is 0 Å². The SMILES string of the molecule is NCc1cc(CN2CCCCC2)cs1. The van der Waals surface area contributed by atoms with Crippen LogP contribution in [0.2, 0.25) is 0 Å². The minimum atomic E-state index is 0.685. The molecule has 0 atom stereocenters. The van der Waals surface area contributed by atoms with Gasteiger partial charge in [0.05, 0.1) is 0 Å². The number of rotatable bonds is 3. The lowest BCUT2D eigenvalue weighted by molar-refractivity contribution is 0.221. The van der Waals surface area contributed by atoms with E-state index in [0.717, 1.165) is 6.54 Å². The van der Waals surface area contributed by atoms with Crippen molar-refractivity contribution in [3.8, 4) is 0 Å². The van der Waals surface area contributed by atoms with Crippen LogP contribution in [0.15, 0.2) is 11.4 Å².